The van der Waals surface area contributed by atoms with Gasteiger partial charge in [0.25, 0.3) is 5.91 Å². The molecule has 1 amide bonds. The van der Waals surface area contributed by atoms with Crippen molar-refractivity contribution in [3.05, 3.63) is 52.2 Å². The first-order valence-corrected chi connectivity index (χ1v) is 9.36. The standard InChI is InChI=1S/C19H24N2O2S/c1-23-17-9-4-3-8-15(17)19(22)20-14-16(18-10-7-13-24-18)21-11-5-2-6-12-21/h3-4,7-10,13,16H,2,5-6,11-12,14H2,1H3,(H,20,22)/t16-/m1/s1. The van der Waals surface area contributed by atoms with Crippen LogP contribution in [0.25, 0.3) is 0 Å². The summed E-state index contributed by atoms with van der Waals surface area (Å²) in [7, 11) is 1.59. The highest BCUT2D eigenvalue weighted by atomic mass is 32.1. The maximum absolute atomic E-state index is 12.6. The molecule has 0 spiro atoms. The smallest absolute Gasteiger partial charge is 0.255 e. The van der Waals surface area contributed by atoms with E-state index in [-0.39, 0.29) is 11.9 Å². The van der Waals surface area contributed by atoms with E-state index in [0.29, 0.717) is 17.9 Å². The van der Waals surface area contributed by atoms with Crippen molar-refractivity contribution in [2.75, 3.05) is 26.7 Å². The Balaban J connectivity index is 1.70. The number of para-hydroxylation sites is 1. The SMILES string of the molecule is COc1ccccc1C(=O)NC[C@H](c1cccs1)N1CCCCC1. The number of methoxy groups -OCH3 is 1. The molecule has 0 unspecified atom stereocenters. The molecular weight excluding hydrogens is 320 g/mol. The number of carbonyl (C=O) groups is 1. The van der Waals surface area contributed by atoms with Gasteiger partial charge >= 0.3 is 0 Å². The predicted molar refractivity (Wildman–Crippen MR) is 97.8 cm³/mol. The lowest BCUT2D eigenvalue weighted by atomic mass is 10.1. The molecule has 3 rings (SSSR count). The monoisotopic (exact) mass is 344 g/mol. The number of amides is 1. The third-order valence-electron chi connectivity index (χ3n) is 4.51. The Hall–Kier alpha value is -1.85. The Labute approximate surface area is 147 Å². The zero-order chi connectivity index (χ0) is 16.8. The highest BCUT2D eigenvalue weighted by Gasteiger charge is 2.24. The van der Waals surface area contributed by atoms with Crippen LogP contribution in [0.15, 0.2) is 41.8 Å². The average molecular weight is 344 g/mol. The van der Waals surface area contributed by atoms with Crippen molar-refractivity contribution >= 4 is 17.2 Å². The van der Waals surface area contributed by atoms with Crippen molar-refractivity contribution < 1.29 is 9.53 Å². The fourth-order valence-corrected chi connectivity index (χ4v) is 4.10. The molecule has 1 saturated heterocycles. The number of rotatable bonds is 6. The molecule has 0 bridgehead atoms. The second kappa shape index (κ2) is 8.31. The first-order chi connectivity index (χ1) is 11.8. The topological polar surface area (TPSA) is 41.6 Å². The summed E-state index contributed by atoms with van der Waals surface area (Å²) in [5.74, 6) is 0.534. The van der Waals surface area contributed by atoms with E-state index in [1.165, 1.54) is 24.1 Å². The molecule has 1 fully saturated rings. The summed E-state index contributed by atoms with van der Waals surface area (Å²) in [5.41, 5.74) is 0.587. The van der Waals surface area contributed by atoms with Crippen LogP contribution in [0.2, 0.25) is 0 Å². The van der Waals surface area contributed by atoms with E-state index in [0.717, 1.165) is 13.1 Å². The van der Waals surface area contributed by atoms with E-state index in [2.05, 4.69) is 27.7 Å². The first kappa shape index (κ1) is 17.0. The van der Waals surface area contributed by atoms with Gasteiger partial charge in [-0.05, 0) is 49.5 Å². The third-order valence-corrected chi connectivity index (χ3v) is 5.48. The van der Waals surface area contributed by atoms with Crippen LogP contribution in [0, 0.1) is 0 Å². The molecule has 0 saturated carbocycles. The molecule has 128 valence electrons. The van der Waals surface area contributed by atoms with Crippen molar-refractivity contribution in [2.45, 2.75) is 25.3 Å². The lowest BCUT2D eigenvalue weighted by Gasteiger charge is -2.34. The molecule has 5 heteroatoms. The summed E-state index contributed by atoms with van der Waals surface area (Å²) < 4.78 is 5.29. The summed E-state index contributed by atoms with van der Waals surface area (Å²) >= 11 is 1.76. The zero-order valence-electron chi connectivity index (χ0n) is 14.0. The van der Waals surface area contributed by atoms with Crippen LogP contribution in [0.3, 0.4) is 0 Å². The molecule has 1 aromatic heterocycles. The number of hydrogen-bond donors (Lipinski definition) is 1. The van der Waals surface area contributed by atoms with Gasteiger partial charge in [0.1, 0.15) is 5.75 Å². The van der Waals surface area contributed by atoms with Crippen LogP contribution >= 0.6 is 11.3 Å². The highest BCUT2D eigenvalue weighted by molar-refractivity contribution is 7.10. The van der Waals surface area contributed by atoms with Crippen LogP contribution in [-0.2, 0) is 0 Å². The second-order valence-corrected chi connectivity index (χ2v) is 7.02. The quantitative estimate of drug-likeness (QED) is 0.868. The zero-order valence-corrected chi connectivity index (χ0v) is 14.8. The van der Waals surface area contributed by atoms with E-state index >= 15 is 0 Å². The molecule has 2 heterocycles. The first-order valence-electron chi connectivity index (χ1n) is 8.48. The number of nitrogens with zero attached hydrogens (tertiary/aromatic N) is 1. The van der Waals surface area contributed by atoms with E-state index in [9.17, 15) is 4.79 Å². The lowest BCUT2D eigenvalue weighted by Crippen LogP contribution is -2.40. The minimum absolute atomic E-state index is 0.0778. The summed E-state index contributed by atoms with van der Waals surface area (Å²) in [4.78, 5) is 16.4. The van der Waals surface area contributed by atoms with Gasteiger partial charge < -0.3 is 10.1 Å². The van der Waals surface area contributed by atoms with Crippen LogP contribution < -0.4 is 10.1 Å². The Morgan fingerprint density at radius 1 is 1.21 bits per heavy atom. The van der Waals surface area contributed by atoms with Crippen LogP contribution in [0.4, 0.5) is 0 Å². The van der Waals surface area contributed by atoms with E-state index in [1.807, 2.05) is 18.2 Å². The largest absolute Gasteiger partial charge is 0.496 e. The summed E-state index contributed by atoms with van der Waals surface area (Å²) in [6.45, 7) is 2.83. The molecule has 4 nitrogen and oxygen atoms in total. The van der Waals surface area contributed by atoms with Gasteiger partial charge in [0, 0.05) is 11.4 Å². The van der Waals surface area contributed by atoms with Gasteiger partial charge in [0.15, 0.2) is 0 Å². The molecule has 2 aromatic rings. The summed E-state index contributed by atoms with van der Waals surface area (Å²) in [6.07, 6.45) is 3.78. The fraction of sp³-hybridized carbons (Fsp3) is 0.421. The van der Waals surface area contributed by atoms with Crippen molar-refractivity contribution in [3.8, 4) is 5.75 Å². The van der Waals surface area contributed by atoms with Gasteiger partial charge in [-0.2, -0.15) is 0 Å². The molecule has 1 atom stereocenters. The van der Waals surface area contributed by atoms with Gasteiger partial charge in [-0.25, -0.2) is 0 Å². The molecule has 1 aliphatic rings. The van der Waals surface area contributed by atoms with E-state index < -0.39 is 0 Å². The highest BCUT2D eigenvalue weighted by Crippen LogP contribution is 2.27. The lowest BCUT2D eigenvalue weighted by molar-refractivity contribution is 0.0922. The number of carbonyl (C=O) groups excluding carboxylic acids is 1. The maximum atomic E-state index is 12.6. The van der Waals surface area contributed by atoms with Gasteiger partial charge in [-0.15, -0.1) is 11.3 Å². The Bertz CT molecular complexity index is 651. The van der Waals surface area contributed by atoms with Crippen molar-refractivity contribution in [1.82, 2.24) is 10.2 Å². The van der Waals surface area contributed by atoms with Gasteiger partial charge in [0.2, 0.25) is 0 Å². The van der Waals surface area contributed by atoms with E-state index in [1.54, 1.807) is 24.5 Å². The van der Waals surface area contributed by atoms with Crippen molar-refractivity contribution in [3.63, 3.8) is 0 Å². The average Bonchev–Trinajstić information content (AvgIpc) is 3.17. The molecule has 0 aliphatic carbocycles. The molecule has 1 aliphatic heterocycles. The Morgan fingerprint density at radius 2 is 2.00 bits per heavy atom. The molecule has 1 aromatic carbocycles. The number of ether oxygens (including phenoxy) is 1. The van der Waals surface area contributed by atoms with Crippen molar-refractivity contribution in [1.29, 1.82) is 0 Å². The molecular formula is C19H24N2O2S. The number of thiophene rings is 1. The van der Waals surface area contributed by atoms with Crippen LogP contribution in [0.5, 0.6) is 5.75 Å². The Morgan fingerprint density at radius 3 is 2.71 bits per heavy atom. The van der Waals surface area contributed by atoms with Crippen LogP contribution in [-0.4, -0.2) is 37.6 Å². The number of hydrogen-bond acceptors (Lipinski definition) is 4. The fourth-order valence-electron chi connectivity index (χ4n) is 3.24. The second-order valence-electron chi connectivity index (χ2n) is 6.04. The van der Waals surface area contributed by atoms with Crippen LogP contribution in [0.1, 0.15) is 40.5 Å². The molecule has 24 heavy (non-hydrogen) atoms. The maximum Gasteiger partial charge on any atom is 0.255 e. The molecule has 0 radical (unpaired) electrons. The third kappa shape index (κ3) is 3.97. The van der Waals surface area contributed by atoms with E-state index in [4.69, 9.17) is 4.74 Å². The molecule has 1 N–H and O–H groups in total. The summed E-state index contributed by atoms with van der Waals surface area (Å²) in [6, 6.07) is 11.9. The normalized spacial score (nSPS) is 16.5. The van der Waals surface area contributed by atoms with Gasteiger partial charge in [0.05, 0.1) is 18.7 Å². The van der Waals surface area contributed by atoms with Gasteiger partial charge in [-0.1, -0.05) is 24.6 Å². The number of nitrogens with one attached hydrogen (secondary N) is 1. The van der Waals surface area contributed by atoms with Crippen molar-refractivity contribution in [2.24, 2.45) is 0 Å². The minimum atomic E-state index is -0.0778. The Kier molecular flexibility index (Phi) is 5.88. The number of likely N-dealkylation sites (tertiary alicyclic amines) is 1. The van der Waals surface area contributed by atoms with Gasteiger partial charge in [-0.3, -0.25) is 9.69 Å². The number of benzene rings is 1. The predicted octanol–water partition coefficient (Wildman–Crippen LogP) is 3.71. The minimum Gasteiger partial charge on any atom is -0.496 e. The summed E-state index contributed by atoms with van der Waals surface area (Å²) in [5, 5.41) is 5.21. The number of piperidine rings is 1.